The van der Waals surface area contributed by atoms with Crippen LogP contribution in [0.4, 0.5) is 0 Å². The zero-order chi connectivity index (χ0) is 12.4. The van der Waals surface area contributed by atoms with Crippen molar-refractivity contribution < 1.29 is 23.8 Å². The molecule has 0 radical (unpaired) electrons. The van der Waals surface area contributed by atoms with Crippen LogP contribution in [-0.2, 0) is 23.8 Å². The summed E-state index contributed by atoms with van der Waals surface area (Å²) < 4.78 is 14.7. The van der Waals surface area contributed by atoms with Gasteiger partial charge in [-0.15, -0.1) is 0 Å². The largest absolute Gasteiger partial charge is 0.467 e. The van der Waals surface area contributed by atoms with Crippen LogP contribution in [0.15, 0.2) is 0 Å². The molecule has 0 heterocycles. The number of ether oxygens (including phenoxy) is 3. The molecule has 1 unspecified atom stereocenters. The third kappa shape index (κ3) is 7.67. The van der Waals surface area contributed by atoms with E-state index in [0.717, 1.165) is 12.2 Å². The highest BCUT2D eigenvalue weighted by Crippen LogP contribution is 2.03. The van der Waals surface area contributed by atoms with Gasteiger partial charge in [-0.3, -0.25) is 4.79 Å². The topological polar surface area (TPSA) is 61.8 Å². The highest BCUT2D eigenvalue weighted by molar-refractivity contribution is 8.13. The van der Waals surface area contributed by atoms with Crippen LogP contribution in [0.5, 0.6) is 0 Å². The van der Waals surface area contributed by atoms with Gasteiger partial charge in [0.15, 0.2) is 11.2 Å². The fourth-order valence-corrected chi connectivity index (χ4v) is 1.48. The van der Waals surface area contributed by atoms with Crippen LogP contribution >= 0.6 is 11.8 Å². The van der Waals surface area contributed by atoms with E-state index >= 15 is 0 Å². The van der Waals surface area contributed by atoms with Crippen LogP contribution in [0.25, 0.3) is 0 Å². The van der Waals surface area contributed by atoms with Gasteiger partial charge in [-0.1, -0.05) is 11.8 Å². The summed E-state index contributed by atoms with van der Waals surface area (Å²) in [4.78, 5) is 21.7. The number of hydrogen-bond acceptors (Lipinski definition) is 6. The van der Waals surface area contributed by atoms with E-state index in [1.165, 1.54) is 32.9 Å². The van der Waals surface area contributed by atoms with Crippen molar-refractivity contribution in [1.29, 1.82) is 0 Å². The van der Waals surface area contributed by atoms with Gasteiger partial charge in [-0.25, -0.2) is 4.79 Å². The van der Waals surface area contributed by atoms with Gasteiger partial charge in [0.2, 0.25) is 0 Å². The van der Waals surface area contributed by atoms with E-state index in [-0.39, 0.29) is 11.7 Å². The second-order valence-corrected chi connectivity index (χ2v) is 4.29. The van der Waals surface area contributed by atoms with E-state index in [0.29, 0.717) is 6.61 Å². The summed E-state index contributed by atoms with van der Waals surface area (Å²) in [5, 5.41) is 0.101. The molecule has 0 aromatic carbocycles. The third-order valence-corrected chi connectivity index (χ3v) is 2.66. The molecule has 16 heavy (non-hydrogen) atoms. The molecule has 5 nitrogen and oxygen atoms in total. The van der Waals surface area contributed by atoms with Gasteiger partial charge in [-0.05, 0) is 6.42 Å². The minimum atomic E-state index is -0.675. The van der Waals surface area contributed by atoms with Crippen molar-refractivity contribution in [3.05, 3.63) is 0 Å². The minimum Gasteiger partial charge on any atom is -0.467 e. The predicted molar refractivity (Wildman–Crippen MR) is 61.4 cm³/mol. The Morgan fingerprint density at radius 3 is 2.50 bits per heavy atom. The zero-order valence-electron chi connectivity index (χ0n) is 9.86. The highest BCUT2D eigenvalue weighted by atomic mass is 32.2. The normalized spacial score (nSPS) is 12.2. The summed E-state index contributed by atoms with van der Waals surface area (Å²) in [7, 11) is 2.73. The first-order chi connectivity index (χ1) is 7.61. The molecule has 1 atom stereocenters. The van der Waals surface area contributed by atoms with Gasteiger partial charge in [0, 0.05) is 26.4 Å². The summed E-state index contributed by atoms with van der Waals surface area (Å²) in [6.45, 7) is 2.20. The molecule has 0 aromatic rings. The number of esters is 1. The van der Waals surface area contributed by atoms with E-state index in [4.69, 9.17) is 9.47 Å². The number of hydrogen-bond donors (Lipinski definition) is 0. The summed E-state index contributed by atoms with van der Waals surface area (Å²) in [5.74, 6) is 0.284. The third-order valence-electron chi connectivity index (χ3n) is 1.76. The van der Waals surface area contributed by atoms with Gasteiger partial charge in [0.25, 0.3) is 0 Å². The van der Waals surface area contributed by atoms with E-state index in [1.54, 1.807) is 0 Å². The van der Waals surface area contributed by atoms with Gasteiger partial charge < -0.3 is 14.2 Å². The van der Waals surface area contributed by atoms with Crippen molar-refractivity contribution in [2.24, 2.45) is 0 Å². The first-order valence-corrected chi connectivity index (χ1v) is 5.92. The van der Waals surface area contributed by atoms with E-state index in [9.17, 15) is 9.59 Å². The first-order valence-electron chi connectivity index (χ1n) is 4.93. The molecule has 0 fully saturated rings. The Labute approximate surface area is 99.8 Å². The number of carbonyl (C=O) groups excluding carboxylic acids is 2. The Morgan fingerprint density at radius 2 is 2.00 bits per heavy atom. The molecule has 0 saturated heterocycles. The molecule has 0 aliphatic carbocycles. The SMILES string of the molecule is COC(=O)C(COCCCSC(C)=O)OC. The van der Waals surface area contributed by atoms with Crippen LogP contribution in [0, 0.1) is 0 Å². The fraction of sp³-hybridized carbons (Fsp3) is 0.800. The molecule has 94 valence electrons. The molecule has 0 N–H and O–H groups in total. The molecule has 6 heteroatoms. The molecule has 0 aromatic heterocycles. The number of carbonyl (C=O) groups is 2. The molecule has 0 bridgehead atoms. The number of rotatable bonds is 8. The molecular weight excluding hydrogens is 232 g/mol. The smallest absolute Gasteiger partial charge is 0.337 e. The van der Waals surface area contributed by atoms with Gasteiger partial charge in [0.05, 0.1) is 13.7 Å². The maximum absolute atomic E-state index is 11.1. The lowest BCUT2D eigenvalue weighted by molar-refractivity contribution is -0.155. The van der Waals surface area contributed by atoms with Crippen LogP contribution in [0.2, 0.25) is 0 Å². The predicted octanol–water partition coefficient (Wildman–Crippen LogP) is 0.861. The molecular formula is C10H18O5S. The maximum Gasteiger partial charge on any atom is 0.337 e. The lowest BCUT2D eigenvalue weighted by atomic mass is 10.4. The monoisotopic (exact) mass is 250 g/mol. The maximum atomic E-state index is 11.1. The Morgan fingerprint density at radius 1 is 1.31 bits per heavy atom. The van der Waals surface area contributed by atoms with Crippen molar-refractivity contribution in [3.63, 3.8) is 0 Å². The Bertz CT molecular complexity index is 219. The second-order valence-electron chi connectivity index (χ2n) is 3.02. The van der Waals surface area contributed by atoms with Crippen LogP contribution in [-0.4, -0.2) is 50.4 Å². The van der Waals surface area contributed by atoms with Gasteiger partial charge in [0.1, 0.15) is 0 Å². The second kappa shape index (κ2) is 9.62. The molecule has 0 spiro atoms. The first kappa shape index (κ1) is 15.4. The van der Waals surface area contributed by atoms with Crippen LogP contribution in [0.3, 0.4) is 0 Å². The van der Waals surface area contributed by atoms with E-state index in [2.05, 4.69) is 4.74 Å². The minimum absolute atomic E-state index is 0.101. The molecule has 0 rings (SSSR count). The standard InChI is InChI=1S/C10H18O5S/c1-8(11)16-6-4-5-15-7-9(13-2)10(12)14-3/h9H,4-7H2,1-3H3. The van der Waals surface area contributed by atoms with Crippen LogP contribution < -0.4 is 0 Å². The van der Waals surface area contributed by atoms with E-state index < -0.39 is 12.1 Å². The molecule has 0 amide bonds. The van der Waals surface area contributed by atoms with Gasteiger partial charge in [-0.2, -0.15) is 0 Å². The Kier molecular flexibility index (Phi) is 9.27. The average molecular weight is 250 g/mol. The average Bonchev–Trinajstić information content (AvgIpc) is 2.27. The summed E-state index contributed by atoms with van der Waals surface area (Å²) >= 11 is 1.26. The van der Waals surface area contributed by atoms with Crippen molar-refractivity contribution >= 4 is 22.8 Å². The molecule has 0 aliphatic heterocycles. The Hall–Kier alpha value is -0.590. The lowest BCUT2D eigenvalue weighted by Crippen LogP contribution is -2.29. The van der Waals surface area contributed by atoms with Crippen molar-refractivity contribution in [3.8, 4) is 0 Å². The zero-order valence-corrected chi connectivity index (χ0v) is 10.7. The van der Waals surface area contributed by atoms with Crippen molar-refractivity contribution in [2.45, 2.75) is 19.4 Å². The fourth-order valence-electron chi connectivity index (χ4n) is 0.931. The lowest BCUT2D eigenvalue weighted by Gasteiger charge is -2.12. The number of methoxy groups -OCH3 is 2. The molecule has 0 saturated carbocycles. The number of thioether (sulfide) groups is 1. The van der Waals surface area contributed by atoms with E-state index in [1.807, 2.05) is 0 Å². The highest BCUT2D eigenvalue weighted by Gasteiger charge is 2.17. The van der Waals surface area contributed by atoms with Gasteiger partial charge >= 0.3 is 5.97 Å². The van der Waals surface area contributed by atoms with Crippen LogP contribution in [0.1, 0.15) is 13.3 Å². The van der Waals surface area contributed by atoms with Crippen molar-refractivity contribution in [1.82, 2.24) is 0 Å². The Balaban J connectivity index is 3.48. The molecule has 0 aliphatic rings. The van der Waals surface area contributed by atoms with Crippen molar-refractivity contribution in [2.75, 3.05) is 33.2 Å². The quantitative estimate of drug-likeness (QED) is 0.470. The summed E-state index contributed by atoms with van der Waals surface area (Å²) in [6, 6.07) is 0. The summed E-state index contributed by atoms with van der Waals surface area (Å²) in [6.07, 6.45) is 0.0902. The summed E-state index contributed by atoms with van der Waals surface area (Å²) in [5.41, 5.74) is 0.